The van der Waals surface area contributed by atoms with Crippen molar-refractivity contribution in [1.29, 1.82) is 0 Å². The molecule has 2 rings (SSSR count). The first-order valence-electron chi connectivity index (χ1n) is 5.93. The van der Waals surface area contributed by atoms with Gasteiger partial charge in [-0.2, -0.15) is 0 Å². The first-order valence-corrected chi connectivity index (χ1v) is 5.93. The summed E-state index contributed by atoms with van der Waals surface area (Å²) in [5.74, 6) is 1.34. The molecule has 0 bridgehead atoms. The van der Waals surface area contributed by atoms with E-state index in [4.69, 9.17) is 10.5 Å². The van der Waals surface area contributed by atoms with Crippen LogP contribution in [0.25, 0.3) is 0 Å². The lowest BCUT2D eigenvalue weighted by molar-refractivity contribution is 0.000834. The van der Waals surface area contributed by atoms with Gasteiger partial charge in [0.15, 0.2) is 0 Å². The molecule has 1 saturated carbocycles. The maximum Gasteiger partial charge on any atom is 0.0673 e. The van der Waals surface area contributed by atoms with Gasteiger partial charge in [0.25, 0.3) is 0 Å². The van der Waals surface area contributed by atoms with E-state index in [1.54, 1.807) is 0 Å². The number of hydrogen-bond donors (Lipinski definition) is 1. The summed E-state index contributed by atoms with van der Waals surface area (Å²) >= 11 is 0. The summed E-state index contributed by atoms with van der Waals surface area (Å²) in [5, 5.41) is 0. The summed E-state index contributed by atoms with van der Waals surface area (Å²) in [5.41, 5.74) is 6.60. The zero-order valence-electron chi connectivity index (χ0n) is 9.68. The molecule has 0 aromatic rings. The Labute approximate surface area is 87.2 Å². The van der Waals surface area contributed by atoms with Crippen LogP contribution in [0.15, 0.2) is 0 Å². The fraction of sp³-hybridized carbons (Fsp3) is 1.00. The van der Waals surface area contributed by atoms with Crippen molar-refractivity contribution in [3.05, 3.63) is 0 Å². The van der Waals surface area contributed by atoms with Gasteiger partial charge in [0, 0.05) is 18.1 Å². The summed E-state index contributed by atoms with van der Waals surface area (Å²) in [6.07, 6.45) is 4.93. The molecule has 0 aromatic carbocycles. The Kier molecular flexibility index (Phi) is 2.39. The van der Waals surface area contributed by atoms with Gasteiger partial charge in [0.05, 0.1) is 5.60 Å². The first kappa shape index (κ1) is 10.4. The summed E-state index contributed by atoms with van der Waals surface area (Å²) < 4.78 is 5.77. The van der Waals surface area contributed by atoms with Crippen molar-refractivity contribution in [3.8, 4) is 0 Å². The lowest BCUT2D eigenvalue weighted by Gasteiger charge is -2.31. The Balaban J connectivity index is 2.02. The molecule has 3 atom stereocenters. The standard InChI is InChI=1S/C12H23NO/c1-4-5-9-8-12(9,13)10-6-7-14-11(10,2)3/h9-10H,4-8,13H2,1-3H3. The van der Waals surface area contributed by atoms with Gasteiger partial charge < -0.3 is 10.5 Å². The van der Waals surface area contributed by atoms with Crippen LogP contribution in [0.5, 0.6) is 0 Å². The van der Waals surface area contributed by atoms with Crippen molar-refractivity contribution in [1.82, 2.24) is 0 Å². The maximum absolute atomic E-state index is 6.48. The minimum atomic E-state index is 0.0112. The zero-order valence-corrected chi connectivity index (χ0v) is 9.68. The van der Waals surface area contributed by atoms with Crippen LogP contribution in [0.1, 0.15) is 46.5 Å². The monoisotopic (exact) mass is 197 g/mol. The molecule has 1 saturated heterocycles. The predicted molar refractivity (Wildman–Crippen MR) is 58.1 cm³/mol. The van der Waals surface area contributed by atoms with E-state index in [1.165, 1.54) is 19.3 Å². The number of rotatable bonds is 3. The average molecular weight is 197 g/mol. The maximum atomic E-state index is 6.48. The average Bonchev–Trinajstić information content (AvgIpc) is 2.55. The van der Waals surface area contributed by atoms with E-state index < -0.39 is 0 Å². The summed E-state index contributed by atoms with van der Waals surface area (Å²) in [7, 11) is 0. The molecule has 1 aliphatic heterocycles. The van der Waals surface area contributed by atoms with Crippen LogP contribution in [0, 0.1) is 11.8 Å². The Morgan fingerprint density at radius 1 is 1.43 bits per heavy atom. The van der Waals surface area contributed by atoms with Crippen molar-refractivity contribution in [2.75, 3.05) is 6.61 Å². The van der Waals surface area contributed by atoms with Crippen LogP contribution < -0.4 is 5.73 Å². The topological polar surface area (TPSA) is 35.2 Å². The van der Waals surface area contributed by atoms with Gasteiger partial charge in [-0.1, -0.05) is 13.3 Å². The minimum Gasteiger partial charge on any atom is -0.375 e. The van der Waals surface area contributed by atoms with E-state index in [0.29, 0.717) is 5.92 Å². The molecule has 14 heavy (non-hydrogen) atoms. The SMILES string of the molecule is CCCC1CC1(N)C1CCOC1(C)C. The molecule has 2 aliphatic rings. The Bertz CT molecular complexity index is 226. The van der Waals surface area contributed by atoms with Crippen LogP contribution in [-0.2, 0) is 4.74 Å². The molecule has 1 aliphatic carbocycles. The molecule has 3 unspecified atom stereocenters. The van der Waals surface area contributed by atoms with Crippen LogP contribution >= 0.6 is 0 Å². The van der Waals surface area contributed by atoms with Crippen molar-refractivity contribution < 1.29 is 4.74 Å². The fourth-order valence-corrected chi connectivity index (χ4v) is 3.32. The van der Waals surface area contributed by atoms with Crippen molar-refractivity contribution in [3.63, 3.8) is 0 Å². The van der Waals surface area contributed by atoms with Crippen LogP contribution in [0.2, 0.25) is 0 Å². The van der Waals surface area contributed by atoms with Crippen LogP contribution in [-0.4, -0.2) is 17.7 Å². The third-order valence-electron chi connectivity index (χ3n) is 4.21. The van der Waals surface area contributed by atoms with Gasteiger partial charge in [0.1, 0.15) is 0 Å². The van der Waals surface area contributed by atoms with E-state index in [2.05, 4.69) is 20.8 Å². The summed E-state index contributed by atoms with van der Waals surface area (Å²) in [4.78, 5) is 0. The molecule has 2 fully saturated rings. The van der Waals surface area contributed by atoms with Crippen molar-refractivity contribution in [2.45, 2.75) is 57.6 Å². The highest BCUT2D eigenvalue weighted by Crippen LogP contribution is 2.55. The molecular formula is C12H23NO. The van der Waals surface area contributed by atoms with E-state index >= 15 is 0 Å². The minimum absolute atomic E-state index is 0.0112. The second-order valence-electron chi connectivity index (χ2n) is 5.60. The quantitative estimate of drug-likeness (QED) is 0.753. The molecule has 2 nitrogen and oxygen atoms in total. The Morgan fingerprint density at radius 2 is 2.14 bits per heavy atom. The summed E-state index contributed by atoms with van der Waals surface area (Å²) in [6, 6.07) is 0. The molecular weight excluding hydrogens is 174 g/mol. The second-order valence-corrected chi connectivity index (χ2v) is 5.60. The van der Waals surface area contributed by atoms with Crippen molar-refractivity contribution >= 4 is 0 Å². The van der Waals surface area contributed by atoms with Crippen molar-refractivity contribution in [2.24, 2.45) is 17.6 Å². The third-order valence-corrected chi connectivity index (χ3v) is 4.21. The molecule has 0 radical (unpaired) electrons. The second kappa shape index (κ2) is 3.21. The van der Waals surface area contributed by atoms with Crippen LogP contribution in [0.3, 0.4) is 0 Å². The normalized spacial score (nSPS) is 45.4. The fourth-order valence-electron chi connectivity index (χ4n) is 3.32. The molecule has 0 spiro atoms. The van der Waals surface area contributed by atoms with E-state index in [-0.39, 0.29) is 11.1 Å². The van der Waals surface area contributed by atoms with Crippen LogP contribution in [0.4, 0.5) is 0 Å². The smallest absolute Gasteiger partial charge is 0.0673 e. The predicted octanol–water partition coefficient (Wildman–Crippen LogP) is 2.32. The van der Waals surface area contributed by atoms with Gasteiger partial charge in [-0.05, 0) is 39.0 Å². The van der Waals surface area contributed by atoms with Gasteiger partial charge in [0.2, 0.25) is 0 Å². The number of nitrogens with two attached hydrogens (primary N) is 1. The molecule has 2 heteroatoms. The molecule has 0 amide bonds. The highest BCUT2D eigenvalue weighted by Gasteiger charge is 2.60. The third kappa shape index (κ3) is 1.49. The lowest BCUT2D eigenvalue weighted by atomic mass is 9.81. The molecule has 1 heterocycles. The first-order chi connectivity index (χ1) is 6.50. The van der Waals surface area contributed by atoms with E-state index in [0.717, 1.165) is 18.9 Å². The molecule has 2 N–H and O–H groups in total. The number of ether oxygens (including phenoxy) is 1. The zero-order chi connectivity index (χ0) is 10.4. The van der Waals surface area contributed by atoms with Gasteiger partial charge >= 0.3 is 0 Å². The highest BCUT2D eigenvalue weighted by atomic mass is 16.5. The molecule has 0 aromatic heterocycles. The van der Waals surface area contributed by atoms with E-state index in [1.807, 2.05) is 0 Å². The van der Waals surface area contributed by atoms with Gasteiger partial charge in [-0.15, -0.1) is 0 Å². The summed E-state index contributed by atoms with van der Waals surface area (Å²) in [6.45, 7) is 7.53. The van der Waals surface area contributed by atoms with E-state index in [9.17, 15) is 0 Å². The molecule has 82 valence electrons. The largest absolute Gasteiger partial charge is 0.375 e. The highest BCUT2D eigenvalue weighted by molar-refractivity contribution is 5.16. The lowest BCUT2D eigenvalue weighted by Crippen LogP contribution is -2.44. The Hall–Kier alpha value is -0.0800. The van der Waals surface area contributed by atoms with Gasteiger partial charge in [-0.3, -0.25) is 0 Å². The van der Waals surface area contributed by atoms with Gasteiger partial charge in [-0.25, -0.2) is 0 Å². The Morgan fingerprint density at radius 3 is 2.64 bits per heavy atom. The number of hydrogen-bond acceptors (Lipinski definition) is 2.